The summed E-state index contributed by atoms with van der Waals surface area (Å²) < 4.78 is 6.71. The van der Waals surface area contributed by atoms with E-state index in [4.69, 9.17) is 10.5 Å². The van der Waals surface area contributed by atoms with Gasteiger partial charge < -0.3 is 15.7 Å². The predicted octanol–water partition coefficient (Wildman–Crippen LogP) is 2.37. The van der Waals surface area contributed by atoms with Crippen LogP contribution < -0.4 is 16.0 Å². The molecule has 0 saturated heterocycles. The van der Waals surface area contributed by atoms with Gasteiger partial charge in [-0.1, -0.05) is 34.1 Å². The van der Waals surface area contributed by atoms with Gasteiger partial charge in [-0.05, 0) is 18.6 Å². The summed E-state index contributed by atoms with van der Waals surface area (Å²) in [4.78, 5) is 12.5. The number of nitrogens with two attached hydrogens (primary N) is 1. The highest BCUT2D eigenvalue weighted by Crippen LogP contribution is 2.42. The van der Waals surface area contributed by atoms with Crippen molar-refractivity contribution in [2.75, 3.05) is 0 Å². The molecule has 3 N–H and O–H groups in total. The molecule has 0 saturated carbocycles. The molecule has 23 heavy (non-hydrogen) atoms. The van der Waals surface area contributed by atoms with Gasteiger partial charge in [0.25, 0.3) is 5.56 Å². The zero-order valence-corrected chi connectivity index (χ0v) is 13.7. The average molecular weight is 374 g/mol. The second-order valence-electron chi connectivity index (χ2n) is 5.13. The third-order valence-electron chi connectivity index (χ3n) is 3.76. The van der Waals surface area contributed by atoms with E-state index in [2.05, 4.69) is 15.9 Å². The lowest BCUT2D eigenvalue weighted by molar-refractivity contribution is 0.165. The minimum Gasteiger partial charge on any atom is -0.440 e. The number of halogens is 1. The topological polar surface area (TPSA) is 101 Å². The lowest BCUT2D eigenvalue weighted by Gasteiger charge is -2.26. The van der Waals surface area contributed by atoms with Crippen molar-refractivity contribution >= 4 is 15.9 Å². The van der Waals surface area contributed by atoms with Crippen LogP contribution in [0, 0.1) is 18.3 Å². The summed E-state index contributed by atoms with van der Waals surface area (Å²) in [5.74, 6) is -0.517. The Morgan fingerprint density at radius 3 is 2.78 bits per heavy atom. The number of aryl methyl sites for hydroxylation is 1. The maximum atomic E-state index is 12.5. The van der Waals surface area contributed by atoms with E-state index in [9.17, 15) is 15.3 Å². The van der Waals surface area contributed by atoms with Gasteiger partial charge in [0.2, 0.25) is 5.88 Å². The van der Waals surface area contributed by atoms with Gasteiger partial charge in [-0.3, -0.25) is 4.79 Å². The second-order valence-corrected chi connectivity index (χ2v) is 5.98. The summed E-state index contributed by atoms with van der Waals surface area (Å²) in [7, 11) is 0. The van der Waals surface area contributed by atoms with Gasteiger partial charge in [0, 0.05) is 10.5 Å². The van der Waals surface area contributed by atoms with Crippen molar-refractivity contribution in [2.24, 2.45) is 5.73 Å². The molecule has 1 atom stereocenters. The number of rotatable bonds is 1. The molecule has 0 bridgehead atoms. The van der Waals surface area contributed by atoms with E-state index in [1.54, 1.807) is 25.1 Å². The number of hydrogen-bond acceptors (Lipinski definition) is 5. The Balaban J connectivity index is 2.39. The molecule has 1 aliphatic rings. The molecule has 0 amide bonds. The first-order valence-corrected chi connectivity index (χ1v) is 7.52. The van der Waals surface area contributed by atoms with Gasteiger partial charge in [-0.15, -0.1) is 0 Å². The maximum Gasteiger partial charge on any atom is 0.291 e. The van der Waals surface area contributed by atoms with Crippen molar-refractivity contribution in [3.8, 4) is 11.8 Å². The van der Waals surface area contributed by atoms with Crippen LogP contribution in [-0.4, -0.2) is 9.94 Å². The van der Waals surface area contributed by atoms with E-state index < -0.39 is 11.5 Å². The molecular weight excluding hydrogens is 362 g/mol. The fourth-order valence-electron chi connectivity index (χ4n) is 2.66. The fourth-order valence-corrected chi connectivity index (χ4v) is 3.17. The number of aromatic nitrogens is 1. The van der Waals surface area contributed by atoms with Gasteiger partial charge in [-0.25, -0.2) is 0 Å². The summed E-state index contributed by atoms with van der Waals surface area (Å²) in [6.45, 7) is 1.57. The molecule has 2 aromatic rings. The van der Waals surface area contributed by atoms with Crippen molar-refractivity contribution < 1.29 is 9.94 Å². The highest BCUT2D eigenvalue weighted by atomic mass is 79.9. The minimum absolute atomic E-state index is 0.0461. The molecular formula is C16H12BrN3O3. The first-order chi connectivity index (χ1) is 11.0. The molecule has 6 nitrogen and oxygen atoms in total. The van der Waals surface area contributed by atoms with Crippen LogP contribution in [0.25, 0.3) is 0 Å². The number of allylic oxidation sites excluding steroid dienone is 1. The van der Waals surface area contributed by atoms with Crippen molar-refractivity contribution in [2.45, 2.75) is 12.8 Å². The van der Waals surface area contributed by atoms with E-state index in [-0.39, 0.29) is 22.8 Å². The lowest BCUT2D eigenvalue weighted by atomic mass is 9.84. The normalized spacial score (nSPS) is 16.5. The maximum absolute atomic E-state index is 12.5. The highest BCUT2D eigenvalue weighted by Gasteiger charge is 2.35. The van der Waals surface area contributed by atoms with E-state index in [1.165, 1.54) is 6.07 Å². The Morgan fingerprint density at radius 2 is 2.13 bits per heavy atom. The third-order valence-corrected chi connectivity index (χ3v) is 4.48. The van der Waals surface area contributed by atoms with E-state index in [0.717, 1.165) is 4.47 Å². The second kappa shape index (κ2) is 5.48. The smallest absolute Gasteiger partial charge is 0.291 e. The summed E-state index contributed by atoms with van der Waals surface area (Å²) in [6.07, 6.45) is 0. The lowest BCUT2D eigenvalue weighted by Crippen LogP contribution is -2.32. The molecule has 116 valence electrons. The monoisotopic (exact) mass is 373 g/mol. The molecule has 0 spiro atoms. The number of pyridine rings is 1. The van der Waals surface area contributed by atoms with E-state index in [1.807, 2.05) is 12.1 Å². The van der Waals surface area contributed by atoms with E-state index >= 15 is 0 Å². The Morgan fingerprint density at radius 1 is 1.43 bits per heavy atom. The SMILES string of the molecule is Cc1cc2c(c(=O)n1O)[C@@H](c1ccccc1Br)C(C#N)=C(N)O2. The van der Waals surface area contributed by atoms with Gasteiger partial charge in [-0.2, -0.15) is 9.99 Å². The van der Waals surface area contributed by atoms with Crippen LogP contribution >= 0.6 is 15.9 Å². The number of benzene rings is 1. The molecule has 1 aromatic heterocycles. The largest absolute Gasteiger partial charge is 0.440 e. The van der Waals surface area contributed by atoms with Gasteiger partial charge in [0.05, 0.1) is 17.2 Å². The zero-order chi connectivity index (χ0) is 16.7. The molecule has 1 aliphatic heterocycles. The number of nitriles is 1. The van der Waals surface area contributed by atoms with Crippen molar-refractivity contribution in [3.63, 3.8) is 0 Å². The average Bonchev–Trinajstić information content (AvgIpc) is 2.52. The molecule has 0 unspecified atom stereocenters. The third kappa shape index (κ3) is 2.28. The molecule has 2 heterocycles. The van der Waals surface area contributed by atoms with Crippen LogP contribution in [0.3, 0.4) is 0 Å². The minimum atomic E-state index is -0.717. The zero-order valence-electron chi connectivity index (χ0n) is 12.1. The van der Waals surface area contributed by atoms with Crippen LogP contribution in [0.5, 0.6) is 5.75 Å². The summed E-state index contributed by atoms with van der Waals surface area (Å²) in [5.41, 5.74) is 6.54. The molecule has 0 fully saturated rings. The number of ether oxygens (including phenoxy) is 1. The Hall–Kier alpha value is -2.72. The summed E-state index contributed by atoms with van der Waals surface area (Å²) in [6, 6.07) is 10.7. The standard InChI is InChI=1S/C16H12BrN3O3/c1-8-6-12-14(16(21)20(8)22)13(10(7-18)15(19)23-12)9-4-2-3-5-11(9)17/h2-6,13,22H,19H2,1H3/t13-/m0/s1. The molecule has 1 aromatic carbocycles. The fraction of sp³-hybridized carbons (Fsp3) is 0.125. The van der Waals surface area contributed by atoms with Crippen LogP contribution in [0.2, 0.25) is 0 Å². The predicted molar refractivity (Wildman–Crippen MR) is 86.1 cm³/mol. The number of nitrogens with zero attached hydrogens (tertiary/aromatic N) is 2. The van der Waals surface area contributed by atoms with Crippen molar-refractivity contribution in [1.82, 2.24) is 4.73 Å². The van der Waals surface area contributed by atoms with Crippen LogP contribution in [0.1, 0.15) is 22.7 Å². The summed E-state index contributed by atoms with van der Waals surface area (Å²) in [5, 5.41) is 19.4. The van der Waals surface area contributed by atoms with Crippen LogP contribution in [0.15, 0.2) is 51.1 Å². The Labute approximate surface area is 140 Å². The number of fused-ring (bicyclic) bond motifs is 1. The molecule has 7 heteroatoms. The van der Waals surface area contributed by atoms with Crippen molar-refractivity contribution in [3.05, 3.63) is 73.4 Å². The summed E-state index contributed by atoms with van der Waals surface area (Å²) >= 11 is 3.43. The Bertz CT molecular complexity index is 941. The first kappa shape index (κ1) is 15.2. The van der Waals surface area contributed by atoms with E-state index in [0.29, 0.717) is 16.0 Å². The quantitative estimate of drug-likeness (QED) is 0.747. The van der Waals surface area contributed by atoms with Gasteiger partial charge >= 0.3 is 0 Å². The van der Waals surface area contributed by atoms with Gasteiger partial charge in [0.15, 0.2) is 0 Å². The number of hydrogen-bond donors (Lipinski definition) is 2. The molecule has 0 aliphatic carbocycles. The highest BCUT2D eigenvalue weighted by molar-refractivity contribution is 9.10. The van der Waals surface area contributed by atoms with Crippen LogP contribution in [-0.2, 0) is 0 Å². The molecule has 0 radical (unpaired) electrons. The molecule has 3 rings (SSSR count). The van der Waals surface area contributed by atoms with Crippen LogP contribution in [0.4, 0.5) is 0 Å². The first-order valence-electron chi connectivity index (χ1n) is 6.73. The van der Waals surface area contributed by atoms with Crippen molar-refractivity contribution in [1.29, 1.82) is 5.26 Å². The Kier molecular flexibility index (Phi) is 3.62. The van der Waals surface area contributed by atoms with Gasteiger partial charge in [0.1, 0.15) is 17.4 Å².